The lowest BCUT2D eigenvalue weighted by Crippen LogP contribution is -2.54. The average molecular weight is 312 g/mol. The Morgan fingerprint density at radius 2 is 1.87 bits per heavy atom. The van der Waals surface area contributed by atoms with Crippen LogP contribution in [0.15, 0.2) is 11.6 Å². The van der Waals surface area contributed by atoms with E-state index in [-0.39, 0.29) is 10.8 Å². The minimum absolute atomic E-state index is 0.120. The Morgan fingerprint density at radius 1 is 1.13 bits per heavy atom. The number of hydrogen-bond donors (Lipinski definition) is 1. The summed E-state index contributed by atoms with van der Waals surface area (Å²) in [5.74, 6) is 4.93. The third-order valence-electron chi connectivity index (χ3n) is 8.35. The summed E-state index contributed by atoms with van der Waals surface area (Å²) in [6.45, 7) is 4.63. The molecule has 0 heterocycles. The van der Waals surface area contributed by atoms with Gasteiger partial charge in [-0.1, -0.05) is 25.3 Å². The fourth-order valence-electron chi connectivity index (χ4n) is 6.81. The van der Waals surface area contributed by atoms with E-state index in [1.165, 1.54) is 12.0 Å². The zero-order chi connectivity index (χ0) is 16.5. The summed E-state index contributed by atoms with van der Waals surface area (Å²) in [6.07, 6.45) is 15.6. The maximum atomic E-state index is 11.8. The highest BCUT2D eigenvalue weighted by atomic mass is 16.3. The smallest absolute Gasteiger partial charge is 0.155 e. The molecule has 4 rings (SSSR count). The van der Waals surface area contributed by atoms with E-state index in [9.17, 15) is 9.90 Å². The van der Waals surface area contributed by atoms with Gasteiger partial charge >= 0.3 is 0 Å². The lowest BCUT2D eigenvalue weighted by Gasteiger charge is -2.58. The van der Waals surface area contributed by atoms with Gasteiger partial charge in [0.05, 0.1) is 0 Å². The number of rotatable bonds is 0. The summed E-state index contributed by atoms with van der Waals surface area (Å²) in [5, 5.41) is 11.0. The number of carbonyl (C=O) groups excluding carboxylic acids is 1. The van der Waals surface area contributed by atoms with Crippen molar-refractivity contribution in [2.75, 3.05) is 0 Å². The van der Waals surface area contributed by atoms with Crippen molar-refractivity contribution in [3.63, 3.8) is 0 Å². The molecular formula is C21H28O2. The summed E-state index contributed by atoms with van der Waals surface area (Å²) >= 11 is 0. The van der Waals surface area contributed by atoms with Crippen LogP contribution in [0.2, 0.25) is 0 Å². The molecule has 0 amide bonds. The first-order valence-electron chi connectivity index (χ1n) is 9.28. The predicted molar refractivity (Wildman–Crippen MR) is 90.5 cm³/mol. The van der Waals surface area contributed by atoms with Crippen molar-refractivity contribution in [3.8, 4) is 12.3 Å². The van der Waals surface area contributed by atoms with Gasteiger partial charge in [0.15, 0.2) is 5.78 Å². The molecule has 4 aliphatic carbocycles. The Labute approximate surface area is 139 Å². The van der Waals surface area contributed by atoms with Crippen LogP contribution in [0.4, 0.5) is 0 Å². The molecule has 3 saturated carbocycles. The van der Waals surface area contributed by atoms with E-state index in [0.29, 0.717) is 30.0 Å². The molecule has 0 aliphatic heterocycles. The van der Waals surface area contributed by atoms with Gasteiger partial charge in [0.25, 0.3) is 0 Å². The number of allylic oxidation sites excluding steroid dienone is 1. The molecule has 0 aromatic rings. The van der Waals surface area contributed by atoms with Gasteiger partial charge in [0.1, 0.15) is 5.60 Å². The van der Waals surface area contributed by atoms with E-state index in [1.807, 2.05) is 6.08 Å². The zero-order valence-corrected chi connectivity index (χ0v) is 14.4. The molecule has 0 radical (unpaired) electrons. The third kappa shape index (κ3) is 1.84. The van der Waals surface area contributed by atoms with Gasteiger partial charge in [-0.2, -0.15) is 0 Å². The summed E-state index contributed by atoms with van der Waals surface area (Å²) in [7, 11) is 0. The maximum Gasteiger partial charge on any atom is 0.155 e. The van der Waals surface area contributed by atoms with Crippen molar-refractivity contribution in [3.05, 3.63) is 11.6 Å². The van der Waals surface area contributed by atoms with Gasteiger partial charge in [-0.3, -0.25) is 4.79 Å². The number of carbonyl (C=O) groups is 1. The summed E-state index contributed by atoms with van der Waals surface area (Å²) in [5.41, 5.74) is 0.575. The number of terminal acetylenes is 1. The largest absolute Gasteiger partial charge is 0.377 e. The summed E-state index contributed by atoms with van der Waals surface area (Å²) in [6, 6.07) is 0. The highest BCUT2D eigenvalue weighted by Crippen LogP contribution is 2.67. The van der Waals surface area contributed by atoms with Crippen LogP contribution >= 0.6 is 0 Å². The van der Waals surface area contributed by atoms with E-state index in [1.54, 1.807) is 0 Å². The molecule has 0 spiro atoms. The SMILES string of the molecule is C#C[C@]1(O)CC[C@H]2C3CCC4=CC(=O)CC[C@]4(C)[C@H]3CC[C@@]21C. The van der Waals surface area contributed by atoms with Crippen molar-refractivity contribution in [1.82, 2.24) is 0 Å². The molecule has 3 fully saturated rings. The first-order valence-corrected chi connectivity index (χ1v) is 9.28. The van der Waals surface area contributed by atoms with E-state index in [2.05, 4.69) is 19.8 Å². The first kappa shape index (κ1) is 15.5. The fraction of sp³-hybridized carbons (Fsp3) is 0.762. The van der Waals surface area contributed by atoms with Crippen LogP contribution in [-0.2, 0) is 4.79 Å². The molecule has 23 heavy (non-hydrogen) atoms. The topological polar surface area (TPSA) is 37.3 Å². The lowest BCUT2D eigenvalue weighted by molar-refractivity contribution is -0.119. The number of ketones is 1. The first-order chi connectivity index (χ1) is 10.8. The van der Waals surface area contributed by atoms with Gasteiger partial charge in [-0.25, -0.2) is 0 Å². The third-order valence-corrected chi connectivity index (χ3v) is 8.35. The Morgan fingerprint density at radius 3 is 2.61 bits per heavy atom. The second-order valence-electron chi connectivity index (χ2n) is 8.97. The second-order valence-corrected chi connectivity index (χ2v) is 8.97. The average Bonchev–Trinajstić information content (AvgIpc) is 2.80. The van der Waals surface area contributed by atoms with Crippen LogP contribution in [0.1, 0.15) is 65.2 Å². The molecule has 4 aliphatic rings. The maximum absolute atomic E-state index is 11.8. The molecule has 1 N–H and O–H groups in total. The molecule has 124 valence electrons. The number of aliphatic hydroxyl groups is 1. The van der Waals surface area contributed by atoms with Crippen LogP contribution in [0.3, 0.4) is 0 Å². The van der Waals surface area contributed by atoms with Gasteiger partial charge in [0, 0.05) is 11.8 Å². The highest BCUT2D eigenvalue weighted by molar-refractivity contribution is 5.91. The Balaban J connectivity index is 1.70. The van der Waals surface area contributed by atoms with Crippen molar-refractivity contribution >= 4 is 5.78 Å². The normalized spacial score (nSPS) is 52.0. The van der Waals surface area contributed by atoms with Gasteiger partial charge in [0.2, 0.25) is 0 Å². The van der Waals surface area contributed by atoms with E-state index in [0.717, 1.165) is 38.5 Å². The number of hydrogen-bond acceptors (Lipinski definition) is 2. The highest BCUT2D eigenvalue weighted by Gasteiger charge is 2.63. The lowest BCUT2D eigenvalue weighted by atomic mass is 9.46. The van der Waals surface area contributed by atoms with Crippen LogP contribution in [-0.4, -0.2) is 16.5 Å². The minimum atomic E-state index is -0.914. The minimum Gasteiger partial charge on any atom is -0.377 e. The standard InChI is InChI=1S/C21H28O2/c1-4-21(23)12-9-18-16-6-5-14-13-15(22)7-10-19(14,2)17(16)8-11-20(18,21)3/h1,13,16-18,23H,5-12H2,2-3H3/t16?,17-,18-,19-,20-,21-/m0/s1. The molecule has 0 aromatic heterocycles. The predicted octanol–water partition coefficient (Wildman–Crippen LogP) is 3.88. The molecular weight excluding hydrogens is 284 g/mol. The molecule has 0 saturated heterocycles. The molecule has 1 unspecified atom stereocenters. The molecule has 2 nitrogen and oxygen atoms in total. The fourth-order valence-corrected chi connectivity index (χ4v) is 6.81. The van der Waals surface area contributed by atoms with Crippen molar-refractivity contribution < 1.29 is 9.90 Å². The Hall–Kier alpha value is -1.07. The monoisotopic (exact) mass is 312 g/mol. The second kappa shape index (κ2) is 4.73. The Kier molecular flexibility index (Phi) is 3.18. The molecule has 6 atom stereocenters. The van der Waals surface area contributed by atoms with Crippen molar-refractivity contribution in [2.24, 2.45) is 28.6 Å². The van der Waals surface area contributed by atoms with Crippen molar-refractivity contribution in [2.45, 2.75) is 70.8 Å². The van der Waals surface area contributed by atoms with Crippen molar-refractivity contribution in [1.29, 1.82) is 0 Å². The quantitative estimate of drug-likeness (QED) is 0.689. The molecule has 2 heteroatoms. The van der Waals surface area contributed by atoms with Crippen LogP contribution in [0, 0.1) is 40.9 Å². The molecule has 0 aromatic carbocycles. The zero-order valence-electron chi connectivity index (χ0n) is 14.4. The molecule has 0 bridgehead atoms. The van der Waals surface area contributed by atoms with Crippen LogP contribution < -0.4 is 0 Å². The Bertz CT molecular complexity index is 626. The van der Waals surface area contributed by atoms with Gasteiger partial charge < -0.3 is 5.11 Å². The van der Waals surface area contributed by atoms with E-state index < -0.39 is 5.60 Å². The van der Waals surface area contributed by atoms with E-state index in [4.69, 9.17) is 6.42 Å². The van der Waals surface area contributed by atoms with Crippen LogP contribution in [0.5, 0.6) is 0 Å². The van der Waals surface area contributed by atoms with Gasteiger partial charge in [-0.15, -0.1) is 6.42 Å². The summed E-state index contributed by atoms with van der Waals surface area (Å²) in [4.78, 5) is 11.8. The van der Waals surface area contributed by atoms with Crippen LogP contribution in [0.25, 0.3) is 0 Å². The van der Waals surface area contributed by atoms with E-state index >= 15 is 0 Å². The van der Waals surface area contributed by atoms with Gasteiger partial charge in [-0.05, 0) is 74.2 Å². The number of fused-ring (bicyclic) bond motifs is 5. The summed E-state index contributed by atoms with van der Waals surface area (Å²) < 4.78 is 0.